The molecular formula is C21H26N2O4. The monoisotopic (exact) mass is 370 g/mol. The molecule has 0 N–H and O–H groups in total. The van der Waals surface area contributed by atoms with E-state index in [1.165, 1.54) is 13.4 Å². The average molecular weight is 370 g/mol. The number of methoxy groups -OCH3 is 1. The van der Waals surface area contributed by atoms with Crippen LogP contribution in [-0.4, -0.2) is 41.5 Å². The van der Waals surface area contributed by atoms with Crippen molar-refractivity contribution in [2.75, 3.05) is 13.7 Å². The van der Waals surface area contributed by atoms with Gasteiger partial charge in [0.25, 0.3) is 5.91 Å². The standard InChI is InChI=1S/C21H26N2O4/c1-4-6-15(7-5-2)23-10-8-16-17(20(23)24)12-14(19-22-9-11-27-19)13-18(16)21(25)26-3/h9,11-13,15H,4-8,10H2,1-3H3. The second-order valence-corrected chi connectivity index (χ2v) is 6.86. The number of nitrogens with zero attached hydrogens (tertiary/aromatic N) is 2. The molecular weight excluding hydrogens is 344 g/mol. The summed E-state index contributed by atoms with van der Waals surface area (Å²) in [4.78, 5) is 31.8. The molecule has 1 aliphatic rings. The lowest BCUT2D eigenvalue weighted by Gasteiger charge is -2.36. The molecule has 0 aliphatic carbocycles. The molecule has 27 heavy (non-hydrogen) atoms. The van der Waals surface area contributed by atoms with E-state index in [2.05, 4.69) is 18.8 Å². The third kappa shape index (κ3) is 3.75. The van der Waals surface area contributed by atoms with E-state index in [0.29, 0.717) is 35.5 Å². The van der Waals surface area contributed by atoms with E-state index in [1.807, 2.05) is 4.90 Å². The van der Waals surface area contributed by atoms with Gasteiger partial charge in [-0.1, -0.05) is 26.7 Å². The number of carbonyl (C=O) groups excluding carboxylic acids is 2. The number of hydrogen-bond acceptors (Lipinski definition) is 5. The fourth-order valence-corrected chi connectivity index (χ4v) is 3.87. The van der Waals surface area contributed by atoms with E-state index in [0.717, 1.165) is 31.2 Å². The summed E-state index contributed by atoms with van der Waals surface area (Å²) in [5.41, 5.74) is 2.33. The van der Waals surface area contributed by atoms with Crippen LogP contribution in [0.1, 0.15) is 65.8 Å². The molecule has 1 aromatic heterocycles. The molecule has 0 unspecified atom stereocenters. The SMILES string of the molecule is CCCC(CCC)N1CCc2c(C(=O)OC)cc(-c3ncco3)cc2C1=O. The van der Waals surface area contributed by atoms with Crippen molar-refractivity contribution in [3.05, 3.63) is 41.3 Å². The summed E-state index contributed by atoms with van der Waals surface area (Å²) in [5.74, 6) is -0.0900. The molecule has 2 aromatic rings. The van der Waals surface area contributed by atoms with E-state index in [4.69, 9.17) is 9.15 Å². The maximum atomic E-state index is 13.3. The van der Waals surface area contributed by atoms with Crippen LogP contribution in [0.25, 0.3) is 11.5 Å². The Morgan fingerprint density at radius 1 is 1.30 bits per heavy atom. The number of amides is 1. The second-order valence-electron chi connectivity index (χ2n) is 6.86. The van der Waals surface area contributed by atoms with E-state index in [9.17, 15) is 9.59 Å². The lowest BCUT2D eigenvalue weighted by atomic mass is 9.89. The summed E-state index contributed by atoms with van der Waals surface area (Å²) < 4.78 is 10.3. The third-order valence-electron chi connectivity index (χ3n) is 5.11. The van der Waals surface area contributed by atoms with Crippen LogP contribution in [-0.2, 0) is 11.2 Å². The highest BCUT2D eigenvalue weighted by atomic mass is 16.5. The molecule has 0 saturated carbocycles. The molecule has 0 radical (unpaired) electrons. The number of hydrogen-bond donors (Lipinski definition) is 0. The first-order valence-corrected chi connectivity index (χ1v) is 9.56. The Bertz CT molecular complexity index is 808. The summed E-state index contributed by atoms with van der Waals surface area (Å²) in [6.45, 7) is 4.90. The van der Waals surface area contributed by atoms with Gasteiger partial charge in [-0.25, -0.2) is 9.78 Å². The van der Waals surface area contributed by atoms with Gasteiger partial charge in [0.2, 0.25) is 5.89 Å². The van der Waals surface area contributed by atoms with Crippen LogP contribution in [0, 0.1) is 0 Å². The molecule has 3 rings (SSSR count). The zero-order valence-corrected chi connectivity index (χ0v) is 16.2. The second kappa shape index (κ2) is 8.37. The lowest BCUT2D eigenvalue weighted by molar-refractivity contribution is 0.0595. The van der Waals surface area contributed by atoms with Crippen molar-refractivity contribution < 1.29 is 18.7 Å². The summed E-state index contributed by atoms with van der Waals surface area (Å²) in [6.07, 6.45) is 7.69. The van der Waals surface area contributed by atoms with E-state index in [-0.39, 0.29) is 11.9 Å². The predicted molar refractivity (Wildman–Crippen MR) is 102 cm³/mol. The molecule has 1 aliphatic heterocycles. The number of carbonyl (C=O) groups is 2. The molecule has 144 valence electrons. The predicted octanol–water partition coefficient (Wildman–Crippen LogP) is 4.10. The normalized spacial score (nSPS) is 13.8. The Balaban J connectivity index is 2.06. The van der Waals surface area contributed by atoms with Crippen LogP contribution in [0.15, 0.2) is 29.0 Å². The van der Waals surface area contributed by atoms with Crippen molar-refractivity contribution >= 4 is 11.9 Å². The van der Waals surface area contributed by atoms with Gasteiger partial charge in [-0.3, -0.25) is 4.79 Å². The number of fused-ring (bicyclic) bond motifs is 1. The zero-order valence-electron chi connectivity index (χ0n) is 16.2. The van der Waals surface area contributed by atoms with Crippen molar-refractivity contribution in [1.82, 2.24) is 9.88 Å². The maximum Gasteiger partial charge on any atom is 0.338 e. The molecule has 0 saturated heterocycles. The average Bonchev–Trinajstić information content (AvgIpc) is 3.22. The molecule has 0 spiro atoms. The first kappa shape index (κ1) is 19.1. The van der Waals surface area contributed by atoms with Crippen molar-refractivity contribution in [2.24, 2.45) is 0 Å². The fraction of sp³-hybridized carbons (Fsp3) is 0.476. The zero-order chi connectivity index (χ0) is 19.4. The summed E-state index contributed by atoms with van der Waals surface area (Å²) in [5, 5.41) is 0. The van der Waals surface area contributed by atoms with Gasteiger partial charge in [0.1, 0.15) is 6.26 Å². The minimum atomic E-state index is -0.445. The summed E-state index contributed by atoms with van der Waals surface area (Å²) in [7, 11) is 1.35. The van der Waals surface area contributed by atoms with Gasteiger partial charge in [0.05, 0.1) is 18.9 Å². The molecule has 1 aromatic carbocycles. The number of oxazole rings is 1. The number of aromatic nitrogens is 1. The Morgan fingerprint density at radius 3 is 2.63 bits per heavy atom. The van der Waals surface area contributed by atoms with Crippen LogP contribution in [0.2, 0.25) is 0 Å². The number of ether oxygens (including phenoxy) is 1. The highest BCUT2D eigenvalue weighted by Crippen LogP contribution is 2.31. The fourth-order valence-electron chi connectivity index (χ4n) is 3.87. The van der Waals surface area contributed by atoms with Gasteiger partial charge in [-0.15, -0.1) is 0 Å². The molecule has 1 amide bonds. The molecule has 2 heterocycles. The van der Waals surface area contributed by atoms with Crippen molar-refractivity contribution in [3.8, 4) is 11.5 Å². The highest BCUT2D eigenvalue weighted by molar-refractivity contribution is 6.03. The molecule has 0 bridgehead atoms. The summed E-state index contributed by atoms with van der Waals surface area (Å²) >= 11 is 0. The third-order valence-corrected chi connectivity index (χ3v) is 5.11. The van der Waals surface area contributed by atoms with Crippen molar-refractivity contribution in [2.45, 2.75) is 52.0 Å². The van der Waals surface area contributed by atoms with Crippen LogP contribution >= 0.6 is 0 Å². The number of benzene rings is 1. The highest BCUT2D eigenvalue weighted by Gasteiger charge is 2.32. The molecule has 6 nitrogen and oxygen atoms in total. The lowest BCUT2D eigenvalue weighted by Crippen LogP contribution is -2.45. The Labute approximate surface area is 159 Å². The number of esters is 1. The molecule has 0 atom stereocenters. The minimum Gasteiger partial charge on any atom is -0.465 e. The smallest absolute Gasteiger partial charge is 0.338 e. The molecule has 6 heteroatoms. The van der Waals surface area contributed by atoms with Gasteiger partial charge in [-0.05, 0) is 37.0 Å². The Morgan fingerprint density at radius 2 is 2.04 bits per heavy atom. The van der Waals surface area contributed by atoms with Crippen molar-refractivity contribution in [1.29, 1.82) is 0 Å². The van der Waals surface area contributed by atoms with Crippen LogP contribution < -0.4 is 0 Å². The van der Waals surface area contributed by atoms with Crippen LogP contribution in [0.4, 0.5) is 0 Å². The maximum absolute atomic E-state index is 13.3. The first-order valence-electron chi connectivity index (χ1n) is 9.56. The van der Waals surface area contributed by atoms with Crippen molar-refractivity contribution in [3.63, 3.8) is 0 Å². The van der Waals surface area contributed by atoms with Gasteiger partial charge in [0.15, 0.2) is 0 Å². The minimum absolute atomic E-state index is 0.0262. The largest absolute Gasteiger partial charge is 0.465 e. The van der Waals surface area contributed by atoms with Gasteiger partial charge < -0.3 is 14.1 Å². The van der Waals surface area contributed by atoms with E-state index in [1.54, 1.807) is 18.3 Å². The molecule has 0 fully saturated rings. The van der Waals surface area contributed by atoms with Gasteiger partial charge in [-0.2, -0.15) is 0 Å². The van der Waals surface area contributed by atoms with Crippen LogP contribution in [0.3, 0.4) is 0 Å². The topological polar surface area (TPSA) is 72.6 Å². The van der Waals surface area contributed by atoms with Gasteiger partial charge in [0, 0.05) is 23.7 Å². The number of rotatable bonds is 7. The van der Waals surface area contributed by atoms with E-state index < -0.39 is 5.97 Å². The Hall–Kier alpha value is -2.63. The summed E-state index contributed by atoms with van der Waals surface area (Å²) in [6, 6.07) is 3.72. The first-order chi connectivity index (χ1) is 13.1. The van der Waals surface area contributed by atoms with Crippen LogP contribution in [0.5, 0.6) is 0 Å². The van der Waals surface area contributed by atoms with E-state index >= 15 is 0 Å². The van der Waals surface area contributed by atoms with Gasteiger partial charge >= 0.3 is 5.97 Å². The quantitative estimate of drug-likeness (QED) is 0.686. The Kier molecular flexibility index (Phi) is 5.94.